The summed E-state index contributed by atoms with van der Waals surface area (Å²) in [6.07, 6.45) is 13.0. The highest BCUT2D eigenvalue weighted by molar-refractivity contribution is 7.32. The lowest BCUT2D eigenvalue weighted by Gasteiger charge is -2.36. The number of hydrogen-bond acceptors (Lipinski definition) is 3. The molecule has 1 heterocycles. The summed E-state index contributed by atoms with van der Waals surface area (Å²) in [6, 6.07) is 0. The van der Waals surface area contributed by atoms with Crippen molar-refractivity contribution in [2.45, 2.75) is 75.9 Å². The Labute approximate surface area is 122 Å². The molecule has 0 aromatic rings. The lowest BCUT2D eigenvalue weighted by molar-refractivity contribution is 0.0906. The van der Waals surface area contributed by atoms with Crippen molar-refractivity contribution in [2.75, 3.05) is 6.61 Å². The maximum absolute atomic E-state index is 10.8. The lowest BCUT2D eigenvalue weighted by Crippen LogP contribution is -2.38. The Morgan fingerprint density at radius 2 is 1.50 bits per heavy atom. The summed E-state index contributed by atoms with van der Waals surface area (Å²) in [7, 11) is -2.50. The van der Waals surface area contributed by atoms with Crippen molar-refractivity contribution in [3.05, 3.63) is 0 Å². The Kier molecular flexibility index (Phi) is 4.76. The zero-order chi connectivity index (χ0) is 14.0. The molecule has 4 nitrogen and oxygen atoms in total. The summed E-state index contributed by atoms with van der Waals surface area (Å²) < 4.78 is 21.9. The van der Waals surface area contributed by atoms with Gasteiger partial charge < -0.3 is 4.74 Å². The van der Waals surface area contributed by atoms with E-state index in [1.165, 1.54) is 64.2 Å². The maximum Gasteiger partial charge on any atom is 0.694 e. The minimum absolute atomic E-state index is 0.0216. The molecule has 0 amide bonds. The van der Waals surface area contributed by atoms with Crippen LogP contribution in [-0.2, 0) is 13.8 Å². The molecule has 0 aromatic heterocycles. The van der Waals surface area contributed by atoms with E-state index in [0.717, 1.165) is 0 Å². The van der Waals surface area contributed by atoms with E-state index in [4.69, 9.17) is 14.2 Å². The molecule has 0 aromatic carbocycles. The molecule has 3 fully saturated rings. The van der Waals surface area contributed by atoms with Gasteiger partial charge in [-0.25, -0.2) is 0 Å². The fourth-order valence-corrected chi connectivity index (χ4v) is 4.93. The summed E-state index contributed by atoms with van der Waals surface area (Å²) >= 11 is 0. The van der Waals surface area contributed by atoms with E-state index in [1.807, 2.05) is 0 Å². The Morgan fingerprint density at radius 1 is 1.00 bits per heavy atom. The summed E-state index contributed by atoms with van der Waals surface area (Å²) in [5.41, 5.74) is -0.0216. The summed E-state index contributed by atoms with van der Waals surface area (Å²) in [4.78, 5) is 8.85. The van der Waals surface area contributed by atoms with Crippen molar-refractivity contribution in [2.24, 2.45) is 11.8 Å². The summed E-state index contributed by atoms with van der Waals surface area (Å²) in [6.45, 7) is 0.290. The Balaban J connectivity index is 1.68. The van der Waals surface area contributed by atoms with Crippen LogP contribution in [0, 0.1) is 11.8 Å². The van der Waals surface area contributed by atoms with Gasteiger partial charge in [-0.3, -0.25) is 0 Å². The molecule has 0 bridgehead atoms. The van der Waals surface area contributed by atoms with Crippen LogP contribution in [-0.4, -0.2) is 23.2 Å². The standard InChI is InChI=1S/C15H25O4P/c16-20(17)18-11-14-15(19-14,12-7-3-1-4-8-12)13-9-5-2-6-10-13/h12-14H,1-11H2/p+1. The molecule has 1 N–H and O–H groups in total. The van der Waals surface area contributed by atoms with E-state index < -0.39 is 8.25 Å². The van der Waals surface area contributed by atoms with Crippen LogP contribution in [0.15, 0.2) is 0 Å². The molecule has 2 aliphatic carbocycles. The van der Waals surface area contributed by atoms with Crippen molar-refractivity contribution in [3.8, 4) is 0 Å². The molecular formula is C15H26O4P+. The van der Waals surface area contributed by atoms with Crippen LogP contribution >= 0.6 is 8.25 Å². The molecule has 2 unspecified atom stereocenters. The average Bonchev–Trinajstić information content (AvgIpc) is 3.23. The molecule has 0 spiro atoms. The first-order valence-corrected chi connectivity index (χ1v) is 9.33. The third-order valence-corrected chi connectivity index (χ3v) is 5.99. The SMILES string of the molecule is O=[P+](O)OCC1OC1(C1CCCCC1)C1CCCCC1. The van der Waals surface area contributed by atoms with Crippen molar-refractivity contribution in [3.63, 3.8) is 0 Å². The minimum atomic E-state index is -2.50. The first-order chi connectivity index (χ1) is 9.73. The Bertz CT molecular complexity index is 330. The van der Waals surface area contributed by atoms with Crippen LogP contribution in [0.1, 0.15) is 64.2 Å². The fraction of sp³-hybridized carbons (Fsp3) is 1.00. The highest BCUT2D eigenvalue weighted by Gasteiger charge is 2.65. The first kappa shape index (κ1) is 14.9. The van der Waals surface area contributed by atoms with Crippen molar-refractivity contribution in [1.29, 1.82) is 0 Å². The zero-order valence-corrected chi connectivity index (χ0v) is 13.0. The van der Waals surface area contributed by atoms with Gasteiger partial charge in [-0.15, -0.1) is 9.42 Å². The predicted molar refractivity (Wildman–Crippen MR) is 76.5 cm³/mol. The zero-order valence-electron chi connectivity index (χ0n) is 12.1. The van der Waals surface area contributed by atoms with Gasteiger partial charge in [-0.2, -0.15) is 0 Å². The van der Waals surface area contributed by atoms with E-state index in [0.29, 0.717) is 18.4 Å². The number of rotatable bonds is 5. The van der Waals surface area contributed by atoms with E-state index in [-0.39, 0.29) is 11.7 Å². The van der Waals surface area contributed by atoms with Crippen molar-refractivity contribution >= 4 is 8.25 Å². The van der Waals surface area contributed by atoms with Gasteiger partial charge in [-0.05, 0) is 37.5 Å². The van der Waals surface area contributed by atoms with Crippen LogP contribution in [0.4, 0.5) is 0 Å². The van der Waals surface area contributed by atoms with Gasteiger partial charge in [0.2, 0.25) is 0 Å². The van der Waals surface area contributed by atoms with Crippen LogP contribution in [0.5, 0.6) is 0 Å². The monoisotopic (exact) mass is 301 g/mol. The second kappa shape index (κ2) is 6.39. The van der Waals surface area contributed by atoms with Crippen LogP contribution in [0.3, 0.4) is 0 Å². The second-order valence-electron chi connectivity index (χ2n) is 6.66. The average molecular weight is 301 g/mol. The third-order valence-electron chi connectivity index (χ3n) is 5.62. The normalized spacial score (nSPS) is 32.0. The molecule has 1 saturated heterocycles. The van der Waals surface area contributed by atoms with Gasteiger partial charge in [0.05, 0.1) is 0 Å². The van der Waals surface area contributed by atoms with E-state index in [2.05, 4.69) is 0 Å². The maximum atomic E-state index is 10.8. The number of ether oxygens (including phenoxy) is 1. The number of epoxide rings is 1. The van der Waals surface area contributed by atoms with Gasteiger partial charge in [0.25, 0.3) is 0 Å². The van der Waals surface area contributed by atoms with Gasteiger partial charge in [0, 0.05) is 4.57 Å². The van der Waals surface area contributed by atoms with Gasteiger partial charge in [0.1, 0.15) is 18.3 Å². The Hall–Kier alpha value is -0.0200. The molecule has 3 aliphatic rings. The van der Waals surface area contributed by atoms with Crippen LogP contribution < -0.4 is 0 Å². The lowest BCUT2D eigenvalue weighted by atomic mass is 9.68. The van der Waals surface area contributed by atoms with Crippen molar-refractivity contribution in [1.82, 2.24) is 0 Å². The van der Waals surface area contributed by atoms with Crippen molar-refractivity contribution < 1.29 is 18.7 Å². The Morgan fingerprint density at radius 3 is 1.95 bits per heavy atom. The minimum Gasteiger partial charge on any atom is -0.363 e. The first-order valence-electron chi connectivity index (χ1n) is 8.20. The van der Waals surface area contributed by atoms with Crippen LogP contribution in [0.25, 0.3) is 0 Å². The largest absolute Gasteiger partial charge is 0.694 e. The van der Waals surface area contributed by atoms with E-state index >= 15 is 0 Å². The molecule has 2 atom stereocenters. The molecule has 3 rings (SSSR count). The highest BCUT2D eigenvalue weighted by atomic mass is 31.1. The predicted octanol–water partition coefficient (Wildman–Crippen LogP) is 3.95. The van der Waals surface area contributed by atoms with Crippen LogP contribution in [0.2, 0.25) is 0 Å². The molecule has 1 aliphatic heterocycles. The van der Waals surface area contributed by atoms with Gasteiger partial charge in [0.15, 0.2) is 0 Å². The molecule has 5 heteroatoms. The summed E-state index contributed by atoms with van der Waals surface area (Å²) in [5, 5.41) is 0. The summed E-state index contributed by atoms with van der Waals surface area (Å²) in [5.74, 6) is 1.29. The number of hydrogen-bond donors (Lipinski definition) is 1. The molecule has 0 radical (unpaired) electrons. The second-order valence-corrected chi connectivity index (χ2v) is 7.40. The quantitative estimate of drug-likeness (QED) is 0.617. The molecule has 114 valence electrons. The molecule has 2 saturated carbocycles. The molecular weight excluding hydrogens is 275 g/mol. The third kappa shape index (κ3) is 2.94. The van der Waals surface area contributed by atoms with E-state index in [1.54, 1.807) is 0 Å². The molecule has 20 heavy (non-hydrogen) atoms. The smallest absolute Gasteiger partial charge is 0.363 e. The van der Waals surface area contributed by atoms with E-state index in [9.17, 15) is 4.57 Å². The van der Waals surface area contributed by atoms with Gasteiger partial charge >= 0.3 is 8.25 Å². The fourth-order valence-electron chi connectivity index (χ4n) is 4.67. The topological polar surface area (TPSA) is 59.1 Å². The highest BCUT2D eigenvalue weighted by Crippen LogP contribution is 2.57. The van der Waals surface area contributed by atoms with Gasteiger partial charge in [-0.1, -0.05) is 38.5 Å².